The van der Waals surface area contributed by atoms with Crippen molar-refractivity contribution in [2.24, 2.45) is 0 Å². The number of likely N-dealkylation sites (tertiary alicyclic amines) is 1. The van der Waals surface area contributed by atoms with Gasteiger partial charge in [0.1, 0.15) is 11.6 Å². The topological polar surface area (TPSA) is 87.7 Å². The lowest BCUT2D eigenvalue weighted by atomic mass is 10.0. The van der Waals surface area contributed by atoms with Crippen molar-refractivity contribution in [1.82, 2.24) is 10.2 Å². The minimum Gasteiger partial charge on any atom is -0.458 e. The van der Waals surface area contributed by atoms with E-state index >= 15 is 0 Å². The van der Waals surface area contributed by atoms with Crippen LogP contribution in [0.3, 0.4) is 0 Å². The van der Waals surface area contributed by atoms with Gasteiger partial charge in [-0.1, -0.05) is 42.5 Å². The lowest BCUT2D eigenvalue weighted by Gasteiger charge is -2.31. The summed E-state index contributed by atoms with van der Waals surface area (Å²) in [7, 11) is 0. The second kappa shape index (κ2) is 9.85. The molecule has 7 heteroatoms. The van der Waals surface area contributed by atoms with Gasteiger partial charge in [0.2, 0.25) is 5.91 Å². The van der Waals surface area contributed by atoms with Gasteiger partial charge in [-0.3, -0.25) is 4.79 Å². The SMILES string of the molecule is Cc1cccc(NC(=O)NCC(=O)N2[C@@H](C(=O)OC(C)(C)C)CC[C@H]2c2ccccc2)c1. The summed E-state index contributed by atoms with van der Waals surface area (Å²) in [4.78, 5) is 39.9. The number of rotatable bonds is 5. The Balaban J connectivity index is 1.71. The summed E-state index contributed by atoms with van der Waals surface area (Å²) >= 11 is 0. The molecule has 1 aliphatic heterocycles. The van der Waals surface area contributed by atoms with Crippen LogP contribution in [0.5, 0.6) is 0 Å². The molecule has 1 heterocycles. The number of hydrogen-bond donors (Lipinski definition) is 2. The average Bonchev–Trinajstić information content (AvgIpc) is 3.17. The van der Waals surface area contributed by atoms with Crippen LogP contribution in [0.25, 0.3) is 0 Å². The van der Waals surface area contributed by atoms with E-state index in [1.165, 1.54) is 0 Å². The monoisotopic (exact) mass is 437 g/mol. The summed E-state index contributed by atoms with van der Waals surface area (Å²) in [6, 6.07) is 15.6. The molecule has 7 nitrogen and oxygen atoms in total. The van der Waals surface area contributed by atoms with Crippen molar-refractivity contribution < 1.29 is 19.1 Å². The standard InChI is InChI=1S/C25H31N3O4/c1-17-9-8-12-19(15-17)27-24(31)26-16-22(29)28-20(18-10-6-5-7-11-18)13-14-21(28)23(30)32-25(2,3)4/h5-12,15,20-21H,13-14,16H2,1-4H3,(H2,26,27,31)/t20-,21+/m0/s1. The highest BCUT2D eigenvalue weighted by Crippen LogP contribution is 2.37. The van der Waals surface area contributed by atoms with Gasteiger partial charge in [-0.25, -0.2) is 9.59 Å². The Bertz CT molecular complexity index is 969. The largest absolute Gasteiger partial charge is 0.458 e. The molecule has 2 aromatic rings. The first-order chi connectivity index (χ1) is 15.1. The van der Waals surface area contributed by atoms with Gasteiger partial charge in [0.15, 0.2) is 0 Å². The number of aryl methyl sites for hydroxylation is 1. The lowest BCUT2D eigenvalue weighted by molar-refractivity contribution is -0.164. The highest BCUT2D eigenvalue weighted by Gasteiger charge is 2.43. The van der Waals surface area contributed by atoms with Crippen LogP contribution in [0.15, 0.2) is 54.6 Å². The van der Waals surface area contributed by atoms with Crippen LogP contribution in [-0.4, -0.2) is 41.0 Å². The zero-order chi connectivity index (χ0) is 23.3. The normalized spacial score (nSPS) is 18.2. The fourth-order valence-corrected chi connectivity index (χ4v) is 3.91. The van der Waals surface area contributed by atoms with Gasteiger partial charge in [-0.05, 0) is 63.8 Å². The molecule has 0 spiro atoms. The highest BCUT2D eigenvalue weighted by atomic mass is 16.6. The molecular formula is C25H31N3O4. The van der Waals surface area contributed by atoms with E-state index in [1.54, 1.807) is 31.7 Å². The zero-order valence-electron chi connectivity index (χ0n) is 19.1. The van der Waals surface area contributed by atoms with E-state index in [0.29, 0.717) is 18.5 Å². The van der Waals surface area contributed by atoms with Crippen LogP contribution in [0.4, 0.5) is 10.5 Å². The Labute approximate surface area is 189 Å². The minimum absolute atomic E-state index is 0.222. The number of benzene rings is 2. The number of urea groups is 1. The second-order valence-electron chi connectivity index (χ2n) is 9.03. The first-order valence-corrected chi connectivity index (χ1v) is 10.8. The van der Waals surface area contributed by atoms with E-state index in [1.807, 2.05) is 55.5 Å². The number of carbonyl (C=O) groups is 3. The minimum atomic E-state index is -0.687. The van der Waals surface area contributed by atoms with Gasteiger partial charge in [0.25, 0.3) is 0 Å². The van der Waals surface area contributed by atoms with E-state index in [-0.39, 0.29) is 18.5 Å². The first-order valence-electron chi connectivity index (χ1n) is 10.8. The molecule has 1 saturated heterocycles. The van der Waals surface area contributed by atoms with Gasteiger partial charge in [-0.2, -0.15) is 0 Å². The quantitative estimate of drug-likeness (QED) is 0.687. The second-order valence-corrected chi connectivity index (χ2v) is 9.03. The third-order valence-corrected chi connectivity index (χ3v) is 5.21. The highest BCUT2D eigenvalue weighted by molar-refractivity contribution is 5.93. The number of nitrogens with zero attached hydrogens (tertiary/aromatic N) is 1. The molecule has 1 aliphatic rings. The smallest absolute Gasteiger partial charge is 0.329 e. The molecule has 0 unspecified atom stereocenters. The Morgan fingerprint density at radius 1 is 1.03 bits per heavy atom. The maximum absolute atomic E-state index is 13.2. The van der Waals surface area contributed by atoms with Crippen molar-refractivity contribution in [2.45, 2.75) is 58.2 Å². The fourth-order valence-electron chi connectivity index (χ4n) is 3.91. The van der Waals surface area contributed by atoms with Crippen molar-refractivity contribution in [3.8, 4) is 0 Å². The lowest BCUT2D eigenvalue weighted by Crippen LogP contribution is -2.48. The Kier molecular flexibility index (Phi) is 7.18. The van der Waals surface area contributed by atoms with Crippen LogP contribution in [0.2, 0.25) is 0 Å². The van der Waals surface area contributed by atoms with Crippen LogP contribution in [0, 0.1) is 6.92 Å². The number of carbonyl (C=O) groups excluding carboxylic acids is 3. The number of ether oxygens (including phenoxy) is 1. The van der Waals surface area contributed by atoms with Crippen LogP contribution in [-0.2, 0) is 14.3 Å². The third kappa shape index (κ3) is 6.09. The predicted octanol–water partition coefficient (Wildman–Crippen LogP) is 4.19. The van der Waals surface area contributed by atoms with E-state index in [0.717, 1.165) is 11.1 Å². The van der Waals surface area contributed by atoms with Crippen LogP contribution >= 0.6 is 0 Å². The van der Waals surface area contributed by atoms with Crippen LogP contribution < -0.4 is 10.6 Å². The summed E-state index contributed by atoms with van der Waals surface area (Å²) in [5, 5.41) is 5.34. The van der Waals surface area contributed by atoms with Gasteiger partial charge in [0, 0.05) is 5.69 Å². The zero-order valence-corrected chi connectivity index (χ0v) is 19.1. The Morgan fingerprint density at radius 3 is 2.41 bits per heavy atom. The molecule has 0 bridgehead atoms. The molecule has 3 rings (SSSR count). The maximum atomic E-state index is 13.2. The molecule has 2 N–H and O–H groups in total. The third-order valence-electron chi connectivity index (χ3n) is 5.21. The molecule has 2 atom stereocenters. The van der Waals surface area contributed by atoms with E-state index in [4.69, 9.17) is 4.74 Å². The fraction of sp³-hybridized carbons (Fsp3) is 0.400. The van der Waals surface area contributed by atoms with E-state index in [2.05, 4.69) is 10.6 Å². The van der Waals surface area contributed by atoms with Gasteiger partial charge < -0.3 is 20.3 Å². The van der Waals surface area contributed by atoms with Crippen LogP contribution in [0.1, 0.15) is 50.8 Å². The van der Waals surface area contributed by atoms with Gasteiger partial charge in [0.05, 0.1) is 12.6 Å². The van der Waals surface area contributed by atoms with Crippen molar-refractivity contribution >= 4 is 23.6 Å². The summed E-state index contributed by atoms with van der Waals surface area (Å²) in [6.45, 7) is 7.12. The van der Waals surface area contributed by atoms with Gasteiger partial charge in [-0.15, -0.1) is 0 Å². The molecule has 1 fully saturated rings. The molecule has 0 aromatic heterocycles. The molecule has 0 saturated carbocycles. The first kappa shape index (κ1) is 23.3. The number of anilines is 1. The molecule has 32 heavy (non-hydrogen) atoms. The van der Waals surface area contributed by atoms with Crippen molar-refractivity contribution in [2.75, 3.05) is 11.9 Å². The van der Waals surface area contributed by atoms with Crippen molar-refractivity contribution in [1.29, 1.82) is 0 Å². The summed E-state index contributed by atoms with van der Waals surface area (Å²) in [5.41, 5.74) is 1.96. The van der Waals surface area contributed by atoms with Crippen molar-refractivity contribution in [3.63, 3.8) is 0 Å². The Hall–Kier alpha value is -3.35. The summed E-state index contributed by atoms with van der Waals surface area (Å²) in [6.07, 6.45) is 1.16. The van der Waals surface area contributed by atoms with E-state index < -0.39 is 23.6 Å². The molecule has 3 amide bonds. The molecule has 2 aromatic carbocycles. The van der Waals surface area contributed by atoms with E-state index in [9.17, 15) is 14.4 Å². The number of hydrogen-bond acceptors (Lipinski definition) is 4. The number of amides is 3. The number of nitrogens with one attached hydrogen (secondary N) is 2. The molecular weight excluding hydrogens is 406 g/mol. The molecule has 0 radical (unpaired) electrons. The number of esters is 1. The molecule has 0 aliphatic carbocycles. The van der Waals surface area contributed by atoms with Crippen molar-refractivity contribution in [3.05, 3.63) is 65.7 Å². The summed E-state index contributed by atoms with van der Waals surface area (Å²) < 4.78 is 5.57. The Morgan fingerprint density at radius 2 is 1.75 bits per heavy atom. The maximum Gasteiger partial charge on any atom is 0.329 e. The average molecular weight is 438 g/mol. The summed E-state index contributed by atoms with van der Waals surface area (Å²) in [5.74, 6) is -0.750. The molecule has 170 valence electrons. The van der Waals surface area contributed by atoms with Gasteiger partial charge >= 0.3 is 12.0 Å². The predicted molar refractivity (Wildman–Crippen MR) is 123 cm³/mol.